The maximum atomic E-state index is 12.3. The normalized spacial score (nSPS) is 10.7. The molecular weight excluding hydrogens is 342 g/mol. The summed E-state index contributed by atoms with van der Waals surface area (Å²) in [6.07, 6.45) is 3.15. The van der Waals surface area contributed by atoms with Crippen molar-refractivity contribution in [2.45, 2.75) is 6.54 Å². The predicted molar refractivity (Wildman–Crippen MR) is 103 cm³/mol. The number of para-hydroxylation sites is 1. The molecule has 0 saturated heterocycles. The number of anilines is 1. The van der Waals surface area contributed by atoms with Crippen LogP contribution < -0.4 is 15.7 Å². The Morgan fingerprint density at radius 3 is 2.48 bits per heavy atom. The van der Waals surface area contributed by atoms with Crippen molar-refractivity contribution in [2.75, 3.05) is 12.4 Å². The lowest BCUT2D eigenvalue weighted by Crippen LogP contribution is -2.22. The molecule has 2 aromatic heterocycles. The Morgan fingerprint density at radius 2 is 1.74 bits per heavy atom. The van der Waals surface area contributed by atoms with Crippen LogP contribution >= 0.6 is 0 Å². The smallest absolute Gasteiger partial charge is 0.353 e. The molecule has 1 N–H and O–H groups in total. The van der Waals surface area contributed by atoms with Gasteiger partial charge in [0, 0.05) is 18.9 Å². The average Bonchev–Trinajstić information content (AvgIpc) is 2.73. The monoisotopic (exact) mass is 359 g/mol. The van der Waals surface area contributed by atoms with Gasteiger partial charge in [-0.05, 0) is 29.8 Å². The number of nitrogens with zero attached hydrogens (tertiary/aromatic N) is 4. The van der Waals surface area contributed by atoms with Crippen LogP contribution in [0.25, 0.3) is 16.7 Å². The molecule has 27 heavy (non-hydrogen) atoms. The van der Waals surface area contributed by atoms with Gasteiger partial charge in [0.1, 0.15) is 5.75 Å². The van der Waals surface area contributed by atoms with Crippen LogP contribution in [0.3, 0.4) is 0 Å². The first-order valence-electron chi connectivity index (χ1n) is 8.41. The third-order valence-corrected chi connectivity index (χ3v) is 4.14. The molecule has 2 heterocycles. The molecule has 0 unspecified atom stereocenters. The lowest BCUT2D eigenvalue weighted by molar-refractivity contribution is 0.414. The molecule has 7 nitrogen and oxygen atoms in total. The van der Waals surface area contributed by atoms with E-state index in [-0.39, 0.29) is 5.69 Å². The number of hydrogen-bond donors (Lipinski definition) is 1. The molecule has 0 aliphatic heterocycles. The topological polar surface area (TPSA) is 81.9 Å². The first-order valence-corrected chi connectivity index (χ1v) is 8.41. The predicted octanol–water partition coefficient (Wildman–Crippen LogP) is 2.80. The van der Waals surface area contributed by atoms with Crippen LogP contribution in [-0.2, 0) is 6.54 Å². The van der Waals surface area contributed by atoms with Gasteiger partial charge in [0.2, 0.25) is 5.95 Å². The van der Waals surface area contributed by atoms with Gasteiger partial charge in [-0.25, -0.2) is 19.3 Å². The molecule has 134 valence electrons. The van der Waals surface area contributed by atoms with Crippen molar-refractivity contribution in [1.82, 2.24) is 19.5 Å². The van der Waals surface area contributed by atoms with Crippen LogP contribution in [-0.4, -0.2) is 26.6 Å². The van der Waals surface area contributed by atoms with E-state index in [0.29, 0.717) is 29.2 Å². The van der Waals surface area contributed by atoms with Crippen LogP contribution in [0.15, 0.2) is 71.8 Å². The molecule has 0 bridgehead atoms. The zero-order valence-electron chi connectivity index (χ0n) is 14.7. The Balaban J connectivity index is 1.67. The SMILES string of the molecule is COc1ccc(CNc2ncc3cnc(=O)n(-c4ccccc4)c3n2)cc1. The highest BCUT2D eigenvalue weighted by atomic mass is 16.5. The van der Waals surface area contributed by atoms with Crippen LogP contribution in [0.2, 0.25) is 0 Å². The first kappa shape index (κ1) is 16.7. The highest BCUT2D eigenvalue weighted by molar-refractivity contribution is 5.75. The molecule has 4 aromatic rings. The highest BCUT2D eigenvalue weighted by Gasteiger charge is 2.09. The van der Waals surface area contributed by atoms with Gasteiger partial charge in [-0.2, -0.15) is 4.98 Å². The molecule has 0 radical (unpaired) electrons. The Hall–Kier alpha value is -3.74. The Morgan fingerprint density at radius 1 is 1.00 bits per heavy atom. The molecule has 0 saturated carbocycles. The van der Waals surface area contributed by atoms with Crippen molar-refractivity contribution >= 4 is 17.0 Å². The molecule has 0 atom stereocenters. The van der Waals surface area contributed by atoms with Gasteiger partial charge in [-0.15, -0.1) is 0 Å². The fraction of sp³-hybridized carbons (Fsp3) is 0.100. The minimum Gasteiger partial charge on any atom is -0.497 e. The Kier molecular flexibility index (Phi) is 4.49. The second-order valence-corrected chi connectivity index (χ2v) is 5.89. The number of ether oxygens (including phenoxy) is 1. The molecular formula is C20H17N5O2. The Labute approximate surface area is 155 Å². The number of methoxy groups -OCH3 is 1. The summed E-state index contributed by atoms with van der Waals surface area (Å²) in [5, 5.41) is 3.88. The summed E-state index contributed by atoms with van der Waals surface area (Å²) in [6.45, 7) is 0.552. The third-order valence-electron chi connectivity index (χ3n) is 4.14. The molecule has 0 aliphatic carbocycles. The molecule has 2 aromatic carbocycles. The highest BCUT2D eigenvalue weighted by Crippen LogP contribution is 2.16. The summed E-state index contributed by atoms with van der Waals surface area (Å²) in [7, 11) is 1.64. The molecule has 7 heteroatoms. The van der Waals surface area contributed by atoms with E-state index in [1.165, 1.54) is 10.8 Å². The average molecular weight is 359 g/mol. The van der Waals surface area contributed by atoms with E-state index < -0.39 is 0 Å². The number of nitrogens with one attached hydrogen (secondary N) is 1. The summed E-state index contributed by atoms with van der Waals surface area (Å²) in [5.41, 5.74) is 1.90. The van der Waals surface area contributed by atoms with Gasteiger partial charge in [0.15, 0.2) is 5.65 Å². The zero-order chi connectivity index (χ0) is 18.6. The number of benzene rings is 2. The number of rotatable bonds is 5. The number of hydrogen-bond acceptors (Lipinski definition) is 6. The van der Waals surface area contributed by atoms with Gasteiger partial charge < -0.3 is 10.1 Å². The van der Waals surface area contributed by atoms with Crippen LogP contribution in [0.1, 0.15) is 5.56 Å². The van der Waals surface area contributed by atoms with Crippen LogP contribution in [0, 0.1) is 0 Å². The fourth-order valence-electron chi connectivity index (χ4n) is 2.74. The molecule has 0 spiro atoms. The van der Waals surface area contributed by atoms with Gasteiger partial charge in [-0.1, -0.05) is 30.3 Å². The third kappa shape index (κ3) is 3.48. The van der Waals surface area contributed by atoms with Crippen molar-refractivity contribution in [1.29, 1.82) is 0 Å². The summed E-state index contributed by atoms with van der Waals surface area (Å²) < 4.78 is 6.64. The second kappa shape index (κ2) is 7.25. The van der Waals surface area contributed by atoms with Gasteiger partial charge >= 0.3 is 5.69 Å². The van der Waals surface area contributed by atoms with E-state index >= 15 is 0 Å². The maximum Gasteiger partial charge on any atom is 0.353 e. The van der Waals surface area contributed by atoms with Crippen molar-refractivity contribution in [3.63, 3.8) is 0 Å². The van der Waals surface area contributed by atoms with Crippen LogP contribution in [0.5, 0.6) is 5.75 Å². The summed E-state index contributed by atoms with van der Waals surface area (Å²) >= 11 is 0. The van der Waals surface area contributed by atoms with Gasteiger partial charge in [0.25, 0.3) is 0 Å². The second-order valence-electron chi connectivity index (χ2n) is 5.89. The fourth-order valence-corrected chi connectivity index (χ4v) is 2.74. The van der Waals surface area contributed by atoms with Crippen molar-refractivity contribution in [3.8, 4) is 11.4 Å². The summed E-state index contributed by atoms with van der Waals surface area (Å²) in [4.78, 5) is 25.1. The molecule has 0 aliphatic rings. The zero-order valence-corrected chi connectivity index (χ0v) is 14.7. The Bertz CT molecular complexity index is 1120. The quantitative estimate of drug-likeness (QED) is 0.590. The minimum atomic E-state index is -0.381. The lowest BCUT2D eigenvalue weighted by Gasteiger charge is -2.10. The van der Waals surface area contributed by atoms with Gasteiger partial charge in [0.05, 0.1) is 18.2 Å². The molecule has 4 rings (SSSR count). The van der Waals surface area contributed by atoms with Crippen molar-refractivity contribution < 1.29 is 4.74 Å². The number of aromatic nitrogens is 4. The maximum absolute atomic E-state index is 12.3. The van der Waals surface area contributed by atoms with Crippen LogP contribution in [0.4, 0.5) is 5.95 Å². The van der Waals surface area contributed by atoms with E-state index in [2.05, 4.69) is 20.3 Å². The minimum absolute atomic E-state index is 0.381. The molecule has 0 fully saturated rings. The van der Waals surface area contributed by atoms with E-state index in [1.54, 1.807) is 13.3 Å². The van der Waals surface area contributed by atoms with Gasteiger partial charge in [-0.3, -0.25) is 0 Å². The molecule has 0 amide bonds. The van der Waals surface area contributed by atoms with E-state index in [4.69, 9.17) is 4.74 Å². The van der Waals surface area contributed by atoms with E-state index in [9.17, 15) is 4.79 Å². The lowest BCUT2D eigenvalue weighted by atomic mass is 10.2. The van der Waals surface area contributed by atoms with Crippen molar-refractivity contribution in [2.24, 2.45) is 0 Å². The number of fused-ring (bicyclic) bond motifs is 1. The first-order chi connectivity index (χ1) is 13.2. The van der Waals surface area contributed by atoms with E-state index in [1.807, 2.05) is 54.6 Å². The summed E-state index contributed by atoms with van der Waals surface area (Å²) in [6, 6.07) is 17.0. The largest absolute Gasteiger partial charge is 0.497 e. The van der Waals surface area contributed by atoms with Crippen molar-refractivity contribution in [3.05, 3.63) is 83.0 Å². The summed E-state index contributed by atoms with van der Waals surface area (Å²) in [5.74, 6) is 1.24. The van der Waals surface area contributed by atoms with E-state index in [0.717, 1.165) is 11.3 Å². The standard InChI is InChI=1S/C20H17N5O2/c1-27-17-9-7-14(8-10-17)11-21-19-22-12-15-13-23-20(26)25(18(15)24-19)16-5-3-2-4-6-16/h2-10,12-13H,11H2,1H3,(H,21,22,24).